The Morgan fingerprint density at radius 2 is 2.10 bits per heavy atom. The van der Waals surface area contributed by atoms with E-state index in [1.54, 1.807) is 42.1 Å². The number of carbonyl (C=O) groups excluding carboxylic acids is 1. The molecule has 0 bridgehead atoms. The molecule has 2 rings (SSSR count). The number of ether oxygens (including phenoxy) is 1. The van der Waals surface area contributed by atoms with Gasteiger partial charge < -0.3 is 20.4 Å². The summed E-state index contributed by atoms with van der Waals surface area (Å²) in [6, 6.07) is 10.8. The Bertz CT molecular complexity index is 637. The van der Waals surface area contributed by atoms with Gasteiger partial charge in [0.1, 0.15) is 17.3 Å². The molecule has 1 heterocycles. The van der Waals surface area contributed by atoms with Crippen molar-refractivity contribution in [3.05, 3.63) is 48.3 Å². The molecular weight excluding hydrogens is 274 g/mol. The summed E-state index contributed by atoms with van der Waals surface area (Å²) >= 11 is 4.93. The molecule has 0 aliphatic rings. The Kier molecular flexibility index (Phi) is 4.37. The topological polar surface area (TPSA) is 69.3 Å². The molecule has 104 valence electrons. The van der Waals surface area contributed by atoms with Crippen LogP contribution in [0.15, 0.2) is 42.6 Å². The average molecular weight is 289 g/mol. The largest absolute Gasteiger partial charge is 0.495 e. The lowest BCUT2D eigenvalue weighted by Crippen LogP contribution is -2.23. The summed E-state index contributed by atoms with van der Waals surface area (Å²) in [6.07, 6.45) is 1.76. The van der Waals surface area contributed by atoms with E-state index in [0.717, 1.165) is 0 Å². The van der Waals surface area contributed by atoms with Gasteiger partial charge in [-0.3, -0.25) is 4.79 Å². The number of anilines is 1. The fourth-order valence-electron chi connectivity index (χ4n) is 1.87. The van der Waals surface area contributed by atoms with Crippen molar-refractivity contribution < 1.29 is 9.53 Å². The van der Waals surface area contributed by atoms with Crippen molar-refractivity contribution in [2.75, 3.05) is 12.4 Å². The minimum Gasteiger partial charge on any atom is -0.495 e. The van der Waals surface area contributed by atoms with Gasteiger partial charge in [0, 0.05) is 6.20 Å². The van der Waals surface area contributed by atoms with Crippen molar-refractivity contribution in [2.24, 2.45) is 5.73 Å². The Balaban J connectivity index is 2.09. The molecule has 0 atom stereocenters. The Morgan fingerprint density at radius 3 is 2.80 bits per heavy atom. The molecule has 6 heteroatoms. The smallest absolute Gasteiger partial charge is 0.244 e. The summed E-state index contributed by atoms with van der Waals surface area (Å²) in [4.78, 5) is 12.3. The monoisotopic (exact) mass is 289 g/mol. The van der Waals surface area contributed by atoms with Crippen LogP contribution in [0.1, 0.15) is 5.69 Å². The summed E-state index contributed by atoms with van der Waals surface area (Å²) in [5.74, 6) is 0.436. The number of methoxy groups -OCH3 is 1. The molecule has 5 nitrogen and oxygen atoms in total. The zero-order valence-electron chi connectivity index (χ0n) is 11.0. The van der Waals surface area contributed by atoms with E-state index >= 15 is 0 Å². The number of para-hydroxylation sites is 2. The second kappa shape index (κ2) is 6.21. The van der Waals surface area contributed by atoms with Crippen LogP contribution in [0.4, 0.5) is 5.69 Å². The summed E-state index contributed by atoms with van der Waals surface area (Å²) < 4.78 is 6.88. The number of nitrogens with zero attached hydrogens (tertiary/aromatic N) is 1. The van der Waals surface area contributed by atoms with Crippen molar-refractivity contribution in [2.45, 2.75) is 6.54 Å². The van der Waals surface area contributed by atoms with Crippen molar-refractivity contribution in [3.63, 3.8) is 0 Å². The number of benzene rings is 1. The van der Waals surface area contributed by atoms with Crippen LogP contribution < -0.4 is 15.8 Å². The first-order valence-electron chi connectivity index (χ1n) is 5.99. The van der Waals surface area contributed by atoms with E-state index in [4.69, 9.17) is 22.7 Å². The van der Waals surface area contributed by atoms with Gasteiger partial charge in [-0.1, -0.05) is 24.4 Å². The highest BCUT2D eigenvalue weighted by molar-refractivity contribution is 7.80. The molecule has 0 spiro atoms. The molecule has 1 aromatic carbocycles. The highest BCUT2D eigenvalue weighted by Crippen LogP contribution is 2.22. The number of aromatic nitrogens is 1. The number of thiocarbonyl (C=S) groups is 1. The maximum atomic E-state index is 12.1. The van der Waals surface area contributed by atoms with Crippen molar-refractivity contribution in [1.82, 2.24) is 4.57 Å². The van der Waals surface area contributed by atoms with Crippen LogP contribution in [0.5, 0.6) is 5.75 Å². The lowest BCUT2D eigenvalue weighted by molar-refractivity contribution is -0.116. The van der Waals surface area contributed by atoms with Gasteiger partial charge in [-0.05, 0) is 24.3 Å². The average Bonchev–Trinajstić information content (AvgIpc) is 2.87. The third-order valence-electron chi connectivity index (χ3n) is 2.78. The van der Waals surface area contributed by atoms with Crippen molar-refractivity contribution in [3.8, 4) is 5.75 Å². The molecule has 3 N–H and O–H groups in total. The molecule has 1 aromatic heterocycles. The SMILES string of the molecule is COc1ccccc1NC(=O)Cn1cccc1C(N)=S. The van der Waals surface area contributed by atoms with Crippen LogP contribution in [0, 0.1) is 0 Å². The molecule has 20 heavy (non-hydrogen) atoms. The molecule has 0 aliphatic heterocycles. The van der Waals surface area contributed by atoms with Crippen molar-refractivity contribution >= 4 is 28.8 Å². The molecule has 0 radical (unpaired) electrons. The second-order valence-electron chi connectivity index (χ2n) is 4.13. The maximum absolute atomic E-state index is 12.1. The number of amides is 1. The van der Waals surface area contributed by atoms with Gasteiger partial charge in [0.2, 0.25) is 5.91 Å². The van der Waals surface area contributed by atoms with Crippen LogP contribution in [0.2, 0.25) is 0 Å². The molecule has 2 aromatic rings. The van der Waals surface area contributed by atoms with E-state index in [0.29, 0.717) is 17.1 Å². The van der Waals surface area contributed by atoms with Gasteiger partial charge in [0.25, 0.3) is 0 Å². The number of carbonyl (C=O) groups is 1. The van der Waals surface area contributed by atoms with Crippen molar-refractivity contribution in [1.29, 1.82) is 0 Å². The summed E-state index contributed by atoms with van der Waals surface area (Å²) in [7, 11) is 1.56. The number of nitrogens with one attached hydrogen (secondary N) is 1. The zero-order valence-corrected chi connectivity index (χ0v) is 11.8. The lowest BCUT2D eigenvalue weighted by atomic mass is 10.3. The fourth-order valence-corrected chi connectivity index (χ4v) is 2.05. The minimum atomic E-state index is -0.178. The normalized spacial score (nSPS) is 10.1. The van der Waals surface area contributed by atoms with Crippen LogP contribution in [0.25, 0.3) is 0 Å². The van der Waals surface area contributed by atoms with E-state index in [1.165, 1.54) is 0 Å². The summed E-state index contributed by atoms with van der Waals surface area (Å²) in [5.41, 5.74) is 6.88. The fraction of sp³-hybridized carbons (Fsp3) is 0.143. The predicted molar refractivity (Wildman–Crippen MR) is 81.9 cm³/mol. The molecule has 0 fully saturated rings. The predicted octanol–water partition coefficient (Wildman–Crippen LogP) is 1.77. The third kappa shape index (κ3) is 3.16. The van der Waals surface area contributed by atoms with Gasteiger partial charge in [0.05, 0.1) is 18.5 Å². The Hall–Kier alpha value is -2.34. The molecule has 0 unspecified atom stereocenters. The molecular formula is C14H15N3O2S. The van der Waals surface area contributed by atoms with Crippen LogP contribution in [-0.2, 0) is 11.3 Å². The minimum absolute atomic E-state index is 0.137. The highest BCUT2D eigenvalue weighted by Gasteiger charge is 2.10. The quantitative estimate of drug-likeness (QED) is 0.823. The first kappa shape index (κ1) is 14.1. The van der Waals surface area contributed by atoms with Crippen LogP contribution in [-0.4, -0.2) is 22.6 Å². The Labute approximate surface area is 122 Å². The molecule has 1 amide bonds. The first-order valence-corrected chi connectivity index (χ1v) is 6.40. The number of hydrogen-bond donors (Lipinski definition) is 2. The van der Waals surface area contributed by atoms with E-state index in [1.807, 2.05) is 12.1 Å². The third-order valence-corrected chi connectivity index (χ3v) is 2.99. The first-order chi connectivity index (χ1) is 9.61. The van der Waals surface area contributed by atoms with Gasteiger partial charge in [-0.25, -0.2) is 0 Å². The summed E-state index contributed by atoms with van der Waals surface area (Å²) in [5, 5.41) is 2.80. The highest BCUT2D eigenvalue weighted by atomic mass is 32.1. The van der Waals surface area contributed by atoms with Crippen LogP contribution >= 0.6 is 12.2 Å². The summed E-state index contributed by atoms with van der Waals surface area (Å²) in [6.45, 7) is 0.137. The van der Waals surface area contributed by atoms with Gasteiger partial charge >= 0.3 is 0 Å². The Morgan fingerprint density at radius 1 is 1.35 bits per heavy atom. The van der Waals surface area contributed by atoms with Crippen LogP contribution in [0.3, 0.4) is 0 Å². The van der Waals surface area contributed by atoms with Gasteiger partial charge in [-0.15, -0.1) is 0 Å². The van der Waals surface area contributed by atoms with E-state index < -0.39 is 0 Å². The number of rotatable bonds is 5. The van der Waals surface area contributed by atoms with Gasteiger partial charge in [0.15, 0.2) is 0 Å². The zero-order chi connectivity index (χ0) is 14.5. The number of hydrogen-bond acceptors (Lipinski definition) is 3. The molecule has 0 saturated heterocycles. The maximum Gasteiger partial charge on any atom is 0.244 e. The lowest BCUT2D eigenvalue weighted by Gasteiger charge is -2.11. The van der Waals surface area contributed by atoms with E-state index in [9.17, 15) is 4.79 Å². The standard InChI is InChI=1S/C14H15N3O2S/c1-19-12-7-3-2-5-10(12)16-13(18)9-17-8-4-6-11(17)14(15)20/h2-8H,9H2,1H3,(H2,15,20)(H,16,18). The number of nitrogens with two attached hydrogens (primary N) is 1. The van der Waals surface area contributed by atoms with E-state index in [-0.39, 0.29) is 17.4 Å². The molecule has 0 aliphatic carbocycles. The van der Waals surface area contributed by atoms with E-state index in [2.05, 4.69) is 5.32 Å². The van der Waals surface area contributed by atoms with Gasteiger partial charge in [-0.2, -0.15) is 0 Å². The second-order valence-corrected chi connectivity index (χ2v) is 4.57. The molecule has 0 saturated carbocycles.